The zero-order chi connectivity index (χ0) is 14.1. The number of rotatable bonds is 6. The first kappa shape index (κ1) is 15.8. The molecular formula is C13H25N3O3. The summed E-state index contributed by atoms with van der Waals surface area (Å²) in [7, 11) is 1.88. The van der Waals surface area contributed by atoms with Gasteiger partial charge in [0.2, 0.25) is 5.91 Å². The summed E-state index contributed by atoms with van der Waals surface area (Å²) in [4.78, 5) is 24.9. The number of piperidine rings is 1. The second kappa shape index (κ2) is 8.74. The highest BCUT2D eigenvalue weighted by atomic mass is 16.6. The number of ether oxygens (including phenoxy) is 1. The molecule has 1 rings (SSSR count). The first-order valence-corrected chi connectivity index (χ1v) is 7.03. The topological polar surface area (TPSA) is 70.7 Å². The molecule has 0 spiro atoms. The lowest BCUT2D eigenvalue weighted by Gasteiger charge is -2.31. The number of amides is 2. The molecule has 6 nitrogen and oxygen atoms in total. The van der Waals surface area contributed by atoms with Gasteiger partial charge in [0.25, 0.3) is 0 Å². The summed E-state index contributed by atoms with van der Waals surface area (Å²) in [6, 6.07) is 0.188. The molecule has 110 valence electrons. The minimum Gasteiger partial charge on any atom is -0.450 e. The highest BCUT2D eigenvalue weighted by molar-refractivity contribution is 5.76. The maximum Gasteiger partial charge on any atom is 0.409 e. The van der Waals surface area contributed by atoms with Crippen LogP contribution in [-0.4, -0.2) is 56.2 Å². The molecule has 0 aromatic heterocycles. The Balaban J connectivity index is 2.19. The Kier molecular flexibility index (Phi) is 7.25. The van der Waals surface area contributed by atoms with Gasteiger partial charge in [-0.2, -0.15) is 0 Å². The third kappa shape index (κ3) is 5.92. The largest absolute Gasteiger partial charge is 0.450 e. The summed E-state index contributed by atoms with van der Waals surface area (Å²) < 4.78 is 4.96. The van der Waals surface area contributed by atoms with Crippen LogP contribution in [0.25, 0.3) is 0 Å². The van der Waals surface area contributed by atoms with Gasteiger partial charge in [0.15, 0.2) is 0 Å². The van der Waals surface area contributed by atoms with Crippen LogP contribution in [-0.2, 0) is 9.53 Å². The summed E-state index contributed by atoms with van der Waals surface area (Å²) in [6.07, 6.45) is 2.76. The number of likely N-dealkylation sites (tertiary alicyclic amines) is 1. The predicted octanol–water partition coefficient (Wildman–Crippen LogP) is 0.723. The summed E-state index contributed by atoms with van der Waals surface area (Å²) in [5.41, 5.74) is 0. The Morgan fingerprint density at radius 2 is 2.00 bits per heavy atom. The number of carbonyl (C=O) groups excluding carboxylic acids is 2. The zero-order valence-electron chi connectivity index (χ0n) is 11.9. The fraction of sp³-hybridized carbons (Fsp3) is 0.846. The molecule has 19 heavy (non-hydrogen) atoms. The lowest BCUT2D eigenvalue weighted by atomic mass is 10.1. The minimum atomic E-state index is -0.249. The molecule has 1 heterocycles. The zero-order valence-corrected chi connectivity index (χ0v) is 11.9. The third-order valence-corrected chi connectivity index (χ3v) is 3.22. The second-order valence-electron chi connectivity index (χ2n) is 4.73. The van der Waals surface area contributed by atoms with E-state index in [1.165, 1.54) is 0 Å². The van der Waals surface area contributed by atoms with Crippen LogP contribution >= 0.6 is 0 Å². The van der Waals surface area contributed by atoms with Crippen LogP contribution in [0.4, 0.5) is 4.79 Å². The molecule has 2 N–H and O–H groups in total. The second-order valence-corrected chi connectivity index (χ2v) is 4.73. The van der Waals surface area contributed by atoms with Gasteiger partial charge < -0.3 is 20.3 Å². The molecular weight excluding hydrogens is 246 g/mol. The van der Waals surface area contributed by atoms with E-state index in [0.717, 1.165) is 25.8 Å². The van der Waals surface area contributed by atoms with Crippen molar-refractivity contribution >= 4 is 12.0 Å². The van der Waals surface area contributed by atoms with Crippen LogP contribution in [0.1, 0.15) is 32.6 Å². The molecule has 0 aliphatic carbocycles. The molecule has 0 saturated carbocycles. The predicted molar refractivity (Wildman–Crippen MR) is 72.9 cm³/mol. The van der Waals surface area contributed by atoms with Crippen molar-refractivity contribution in [3.05, 3.63) is 0 Å². The molecule has 0 bridgehead atoms. The minimum absolute atomic E-state index is 0.102. The summed E-state index contributed by atoms with van der Waals surface area (Å²) in [6.45, 7) is 4.37. The first-order valence-electron chi connectivity index (χ1n) is 7.03. The van der Waals surface area contributed by atoms with E-state index < -0.39 is 0 Å². The van der Waals surface area contributed by atoms with Crippen molar-refractivity contribution in [1.82, 2.24) is 15.5 Å². The van der Waals surface area contributed by atoms with Gasteiger partial charge in [-0.25, -0.2) is 4.79 Å². The lowest BCUT2D eigenvalue weighted by molar-refractivity contribution is -0.122. The molecule has 0 aromatic carbocycles. The Morgan fingerprint density at radius 3 is 2.58 bits per heavy atom. The van der Waals surface area contributed by atoms with Crippen molar-refractivity contribution in [3.63, 3.8) is 0 Å². The van der Waals surface area contributed by atoms with Gasteiger partial charge in [0.05, 0.1) is 6.61 Å². The van der Waals surface area contributed by atoms with Gasteiger partial charge in [0, 0.05) is 25.6 Å². The van der Waals surface area contributed by atoms with Crippen LogP contribution in [0.3, 0.4) is 0 Å². The lowest BCUT2D eigenvalue weighted by Crippen LogP contribution is -2.46. The van der Waals surface area contributed by atoms with Gasteiger partial charge in [-0.3, -0.25) is 4.79 Å². The SMILES string of the molecule is CCOC(=O)N1CCC(NC(=O)CCCNC)CC1. The van der Waals surface area contributed by atoms with E-state index in [4.69, 9.17) is 4.74 Å². The van der Waals surface area contributed by atoms with Crippen molar-refractivity contribution in [2.45, 2.75) is 38.6 Å². The molecule has 0 atom stereocenters. The molecule has 1 aliphatic rings. The number of carbonyl (C=O) groups is 2. The highest BCUT2D eigenvalue weighted by Crippen LogP contribution is 2.11. The maximum atomic E-state index is 11.7. The molecule has 1 fully saturated rings. The van der Waals surface area contributed by atoms with Crippen LogP contribution in [0, 0.1) is 0 Å². The summed E-state index contributed by atoms with van der Waals surface area (Å²) in [5.74, 6) is 0.102. The smallest absolute Gasteiger partial charge is 0.409 e. The number of nitrogens with one attached hydrogen (secondary N) is 2. The van der Waals surface area contributed by atoms with Crippen molar-refractivity contribution in [2.75, 3.05) is 33.3 Å². The van der Waals surface area contributed by atoms with Crippen molar-refractivity contribution in [1.29, 1.82) is 0 Å². The fourth-order valence-electron chi connectivity index (χ4n) is 2.15. The fourth-order valence-corrected chi connectivity index (χ4v) is 2.15. The average molecular weight is 271 g/mol. The molecule has 2 amide bonds. The van der Waals surface area contributed by atoms with E-state index in [-0.39, 0.29) is 18.0 Å². The summed E-state index contributed by atoms with van der Waals surface area (Å²) in [5, 5.41) is 6.04. The monoisotopic (exact) mass is 271 g/mol. The van der Waals surface area contributed by atoms with Crippen LogP contribution in [0.5, 0.6) is 0 Å². The number of hydrogen-bond acceptors (Lipinski definition) is 4. The van der Waals surface area contributed by atoms with E-state index >= 15 is 0 Å². The van der Waals surface area contributed by atoms with E-state index in [1.54, 1.807) is 11.8 Å². The Hall–Kier alpha value is -1.30. The van der Waals surface area contributed by atoms with E-state index in [0.29, 0.717) is 26.1 Å². The van der Waals surface area contributed by atoms with Gasteiger partial charge in [-0.05, 0) is 39.8 Å². The molecule has 0 aromatic rings. The Bertz CT molecular complexity index is 289. The molecule has 1 saturated heterocycles. The maximum absolute atomic E-state index is 11.7. The van der Waals surface area contributed by atoms with Gasteiger partial charge in [-0.15, -0.1) is 0 Å². The van der Waals surface area contributed by atoms with Crippen LogP contribution in [0.2, 0.25) is 0 Å². The van der Waals surface area contributed by atoms with E-state index in [2.05, 4.69) is 10.6 Å². The van der Waals surface area contributed by atoms with Crippen LogP contribution < -0.4 is 10.6 Å². The Labute approximate surface area is 114 Å². The molecule has 1 aliphatic heterocycles. The molecule has 0 unspecified atom stereocenters. The molecule has 6 heteroatoms. The van der Waals surface area contributed by atoms with E-state index in [1.807, 2.05) is 7.05 Å². The van der Waals surface area contributed by atoms with Crippen LogP contribution in [0.15, 0.2) is 0 Å². The van der Waals surface area contributed by atoms with Gasteiger partial charge >= 0.3 is 6.09 Å². The summed E-state index contributed by atoms with van der Waals surface area (Å²) >= 11 is 0. The van der Waals surface area contributed by atoms with Gasteiger partial charge in [-0.1, -0.05) is 0 Å². The standard InChI is InChI=1S/C13H25N3O3/c1-3-19-13(18)16-9-6-11(7-10-16)15-12(17)5-4-8-14-2/h11,14H,3-10H2,1-2H3,(H,15,17). The van der Waals surface area contributed by atoms with Gasteiger partial charge in [0.1, 0.15) is 0 Å². The van der Waals surface area contributed by atoms with Crippen molar-refractivity contribution in [3.8, 4) is 0 Å². The molecule has 0 radical (unpaired) electrons. The number of hydrogen-bond donors (Lipinski definition) is 2. The van der Waals surface area contributed by atoms with E-state index in [9.17, 15) is 9.59 Å². The van der Waals surface area contributed by atoms with Crippen molar-refractivity contribution in [2.24, 2.45) is 0 Å². The third-order valence-electron chi connectivity index (χ3n) is 3.22. The quantitative estimate of drug-likeness (QED) is 0.698. The normalized spacial score (nSPS) is 16.2. The highest BCUT2D eigenvalue weighted by Gasteiger charge is 2.24. The van der Waals surface area contributed by atoms with Crippen molar-refractivity contribution < 1.29 is 14.3 Å². The first-order chi connectivity index (χ1) is 9.17. The average Bonchev–Trinajstić information content (AvgIpc) is 2.40. The number of nitrogens with zero attached hydrogens (tertiary/aromatic N) is 1. The Morgan fingerprint density at radius 1 is 1.32 bits per heavy atom.